The van der Waals surface area contributed by atoms with Crippen molar-refractivity contribution in [2.24, 2.45) is 18.7 Å². The highest BCUT2D eigenvalue weighted by atomic mass is 16.7. The summed E-state index contributed by atoms with van der Waals surface area (Å²) in [5.74, 6) is 0.426. The van der Waals surface area contributed by atoms with Crippen LogP contribution in [0.1, 0.15) is 49.9 Å². The summed E-state index contributed by atoms with van der Waals surface area (Å²) in [5.41, 5.74) is 6.61. The summed E-state index contributed by atoms with van der Waals surface area (Å²) in [5, 5.41) is 10.4. The van der Waals surface area contributed by atoms with E-state index in [1.165, 1.54) is 0 Å². The summed E-state index contributed by atoms with van der Waals surface area (Å²) in [7, 11) is 1.94. The predicted octanol–water partition coefficient (Wildman–Crippen LogP) is 2.23. The Kier molecular flexibility index (Phi) is 9.04. The van der Waals surface area contributed by atoms with E-state index in [0.29, 0.717) is 50.5 Å². The molecule has 1 aromatic heterocycles. The minimum atomic E-state index is -0.853. The van der Waals surface area contributed by atoms with Crippen molar-refractivity contribution in [1.29, 1.82) is 0 Å². The van der Waals surface area contributed by atoms with Crippen LogP contribution in [0.4, 0.5) is 0 Å². The Hall–Kier alpha value is -3.11. The highest BCUT2D eigenvalue weighted by Gasteiger charge is 2.47. The summed E-state index contributed by atoms with van der Waals surface area (Å²) >= 11 is 0. The number of amides is 1. The molecule has 10 nitrogen and oxygen atoms in total. The number of hydrogen-bond donors (Lipinski definition) is 2. The average molecular weight is 514 g/mol. The summed E-state index contributed by atoms with van der Waals surface area (Å²) in [6.07, 6.45) is 7.52. The van der Waals surface area contributed by atoms with Gasteiger partial charge >= 0.3 is 5.97 Å². The molecule has 1 fully saturated rings. The Labute approximate surface area is 218 Å². The van der Waals surface area contributed by atoms with E-state index < -0.39 is 11.9 Å². The van der Waals surface area contributed by atoms with Crippen LogP contribution in [0, 0.1) is 5.92 Å². The molecule has 0 aliphatic carbocycles. The fourth-order valence-electron chi connectivity index (χ4n) is 5.51. The molecule has 1 saturated heterocycles. The van der Waals surface area contributed by atoms with Crippen molar-refractivity contribution in [3.8, 4) is 11.5 Å². The lowest BCUT2D eigenvalue weighted by molar-refractivity contribution is -0.143. The Bertz CT molecular complexity index is 1070. The van der Waals surface area contributed by atoms with Gasteiger partial charge in [-0.3, -0.25) is 14.5 Å². The zero-order chi connectivity index (χ0) is 26.4. The van der Waals surface area contributed by atoms with Gasteiger partial charge in [0.15, 0.2) is 11.5 Å². The van der Waals surface area contributed by atoms with E-state index in [-0.39, 0.29) is 31.2 Å². The second kappa shape index (κ2) is 12.4. The molecule has 2 aliphatic rings. The molecule has 3 heterocycles. The van der Waals surface area contributed by atoms with E-state index >= 15 is 0 Å². The number of aryl methyl sites for hydroxylation is 2. The first-order valence-corrected chi connectivity index (χ1v) is 13.2. The van der Waals surface area contributed by atoms with Crippen molar-refractivity contribution in [3.05, 3.63) is 42.0 Å². The van der Waals surface area contributed by atoms with Gasteiger partial charge in [0.05, 0.1) is 12.5 Å². The predicted molar refractivity (Wildman–Crippen MR) is 138 cm³/mol. The molecule has 0 bridgehead atoms. The van der Waals surface area contributed by atoms with E-state index in [2.05, 4.69) is 16.8 Å². The number of carboxylic acids is 1. The SMILES string of the molecule is CCCCN(CCCN)C(=O)CN1CC(c2ccc3c(c2)OCO3)C(C(=O)O)C1CCc1nccn1C. The minimum absolute atomic E-state index is 0.0272. The molecule has 3 unspecified atom stereocenters. The van der Waals surface area contributed by atoms with Crippen LogP contribution in [0.15, 0.2) is 30.6 Å². The molecule has 3 N–H and O–H groups in total. The molecule has 4 rings (SSSR count). The van der Waals surface area contributed by atoms with Crippen LogP contribution < -0.4 is 15.2 Å². The number of nitrogens with zero attached hydrogens (tertiary/aromatic N) is 4. The second-order valence-electron chi connectivity index (χ2n) is 9.95. The number of nitrogens with two attached hydrogens (primary N) is 1. The van der Waals surface area contributed by atoms with E-state index in [1.807, 2.05) is 40.9 Å². The van der Waals surface area contributed by atoms with Gasteiger partial charge in [-0.25, -0.2) is 4.98 Å². The lowest BCUT2D eigenvalue weighted by atomic mass is 9.83. The van der Waals surface area contributed by atoms with Crippen LogP contribution in [-0.4, -0.2) is 81.9 Å². The Morgan fingerprint density at radius 3 is 2.70 bits per heavy atom. The summed E-state index contributed by atoms with van der Waals surface area (Å²) in [6, 6.07) is 5.34. The maximum Gasteiger partial charge on any atom is 0.308 e. The van der Waals surface area contributed by atoms with Crippen molar-refractivity contribution < 1.29 is 24.2 Å². The molecular formula is C27H39N5O5. The molecular weight excluding hydrogens is 474 g/mol. The van der Waals surface area contributed by atoms with E-state index in [0.717, 1.165) is 30.7 Å². The van der Waals surface area contributed by atoms with Crippen LogP contribution in [0.2, 0.25) is 0 Å². The first kappa shape index (κ1) is 26.9. The number of rotatable bonds is 13. The summed E-state index contributed by atoms with van der Waals surface area (Å²) in [4.78, 5) is 34.5. The number of aliphatic carboxylic acids is 1. The van der Waals surface area contributed by atoms with Crippen molar-refractivity contribution in [3.63, 3.8) is 0 Å². The molecule has 10 heteroatoms. The van der Waals surface area contributed by atoms with E-state index in [9.17, 15) is 14.7 Å². The van der Waals surface area contributed by atoms with Crippen LogP contribution >= 0.6 is 0 Å². The Balaban J connectivity index is 1.59. The lowest BCUT2D eigenvalue weighted by Gasteiger charge is -2.29. The Morgan fingerprint density at radius 2 is 2.00 bits per heavy atom. The van der Waals surface area contributed by atoms with Gasteiger partial charge in [-0.1, -0.05) is 19.4 Å². The molecule has 0 radical (unpaired) electrons. The maximum atomic E-state index is 13.5. The van der Waals surface area contributed by atoms with Crippen molar-refractivity contribution >= 4 is 11.9 Å². The number of benzene rings is 1. The molecule has 202 valence electrons. The van der Waals surface area contributed by atoms with Crippen LogP contribution in [0.5, 0.6) is 11.5 Å². The topological polar surface area (TPSA) is 123 Å². The van der Waals surface area contributed by atoms with Crippen molar-refractivity contribution in [1.82, 2.24) is 19.4 Å². The number of imidazole rings is 1. The number of fused-ring (bicyclic) bond motifs is 1. The van der Waals surface area contributed by atoms with E-state index in [4.69, 9.17) is 15.2 Å². The first-order chi connectivity index (χ1) is 17.9. The average Bonchev–Trinajstić information content (AvgIpc) is 3.60. The number of unbranched alkanes of at least 4 members (excludes halogenated alkanes) is 1. The molecule has 1 aromatic carbocycles. The zero-order valence-electron chi connectivity index (χ0n) is 21.8. The minimum Gasteiger partial charge on any atom is -0.481 e. The second-order valence-corrected chi connectivity index (χ2v) is 9.95. The molecule has 1 amide bonds. The van der Waals surface area contributed by atoms with Gasteiger partial charge < -0.3 is 29.8 Å². The molecule has 0 spiro atoms. The zero-order valence-corrected chi connectivity index (χ0v) is 21.8. The molecule has 3 atom stereocenters. The summed E-state index contributed by atoms with van der Waals surface area (Å²) in [6.45, 7) is 4.77. The third-order valence-corrected chi connectivity index (χ3v) is 7.55. The molecule has 0 saturated carbocycles. The number of ether oxygens (including phenoxy) is 2. The smallest absolute Gasteiger partial charge is 0.308 e. The molecule has 2 aliphatic heterocycles. The molecule has 2 aromatic rings. The number of carbonyl (C=O) groups is 2. The Morgan fingerprint density at radius 1 is 1.22 bits per heavy atom. The van der Waals surface area contributed by atoms with Gasteiger partial charge in [0.2, 0.25) is 12.7 Å². The van der Waals surface area contributed by atoms with Gasteiger partial charge in [-0.15, -0.1) is 0 Å². The van der Waals surface area contributed by atoms with Gasteiger partial charge in [0.25, 0.3) is 0 Å². The van der Waals surface area contributed by atoms with Crippen molar-refractivity contribution in [2.45, 2.75) is 51.0 Å². The van der Waals surface area contributed by atoms with Gasteiger partial charge in [-0.05, 0) is 43.5 Å². The fraction of sp³-hybridized carbons (Fsp3) is 0.593. The number of carbonyl (C=O) groups excluding carboxylic acids is 1. The van der Waals surface area contributed by atoms with Gasteiger partial charge in [0, 0.05) is 57.5 Å². The number of hydrogen-bond acceptors (Lipinski definition) is 7. The highest BCUT2D eigenvalue weighted by Crippen LogP contribution is 2.43. The number of aromatic nitrogens is 2. The number of likely N-dealkylation sites (tertiary alicyclic amines) is 1. The quantitative estimate of drug-likeness (QED) is 0.418. The van der Waals surface area contributed by atoms with Gasteiger partial charge in [-0.2, -0.15) is 0 Å². The lowest BCUT2D eigenvalue weighted by Crippen LogP contribution is -2.45. The largest absolute Gasteiger partial charge is 0.481 e. The van der Waals surface area contributed by atoms with Gasteiger partial charge in [0.1, 0.15) is 5.82 Å². The standard InChI is InChI=1S/C27H39N5O5/c1-3-4-12-31(13-5-10-28)25(33)17-32-16-20(19-6-8-22-23(15-19)37-18-36-22)26(27(34)35)21(32)7-9-24-29-11-14-30(24)2/h6,8,11,14-15,20-21,26H,3-5,7,9-10,12-13,16-18,28H2,1-2H3,(H,34,35). The van der Waals surface area contributed by atoms with E-state index in [1.54, 1.807) is 6.20 Å². The molecule has 37 heavy (non-hydrogen) atoms. The normalized spacial score (nSPS) is 20.9. The first-order valence-electron chi connectivity index (χ1n) is 13.2. The third-order valence-electron chi connectivity index (χ3n) is 7.55. The fourth-order valence-corrected chi connectivity index (χ4v) is 5.51. The van der Waals surface area contributed by atoms with Crippen LogP contribution in [0.3, 0.4) is 0 Å². The monoisotopic (exact) mass is 513 g/mol. The van der Waals surface area contributed by atoms with Crippen LogP contribution in [-0.2, 0) is 23.1 Å². The maximum absolute atomic E-state index is 13.5. The summed E-state index contributed by atoms with van der Waals surface area (Å²) < 4.78 is 13.0. The third kappa shape index (κ3) is 6.24. The van der Waals surface area contributed by atoms with Crippen molar-refractivity contribution in [2.75, 3.05) is 39.5 Å². The number of carboxylic acid groups (broad SMARTS) is 1. The van der Waals surface area contributed by atoms with Crippen LogP contribution in [0.25, 0.3) is 0 Å². The highest BCUT2D eigenvalue weighted by molar-refractivity contribution is 5.79.